The van der Waals surface area contributed by atoms with E-state index in [-0.39, 0.29) is 34.9 Å². The highest BCUT2D eigenvalue weighted by atomic mass is 16.6. The lowest BCUT2D eigenvalue weighted by atomic mass is 9.57. The van der Waals surface area contributed by atoms with Gasteiger partial charge in [0.2, 0.25) is 0 Å². The van der Waals surface area contributed by atoms with Gasteiger partial charge >= 0.3 is 0 Å². The average molecular weight is 383 g/mol. The molecule has 8 atom stereocenters. The van der Waals surface area contributed by atoms with E-state index in [1.807, 2.05) is 6.08 Å². The Morgan fingerprint density at radius 1 is 1.25 bits per heavy atom. The summed E-state index contributed by atoms with van der Waals surface area (Å²) < 4.78 is 6.21. The van der Waals surface area contributed by atoms with E-state index in [2.05, 4.69) is 39.0 Å². The van der Waals surface area contributed by atoms with Crippen LogP contribution in [0.3, 0.4) is 0 Å². The Morgan fingerprint density at radius 2 is 2.07 bits per heavy atom. The summed E-state index contributed by atoms with van der Waals surface area (Å²) in [6.07, 6.45) is 15.4. The number of rotatable bonds is 2. The lowest BCUT2D eigenvalue weighted by Crippen LogP contribution is -2.42. The van der Waals surface area contributed by atoms with Gasteiger partial charge in [-0.05, 0) is 82.1 Å². The van der Waals surface area contributed by atoms with Crippen molar-refractivity contribution in [1.29, 1.82) is 0 Å². The molecule has 4 aliphatic carbocycles. The average Bonchev–Trinajstić information content (AvgIpc) is 3.25. The second-order valence-electron chi connectivity index (χ2n) is 10.4. The van der Waals surface area contributed by atoms with E-state index in [0.29, 0.717) is 30.6 Å². The van der Waals surface area contributed by atoms with Gasteiger partial charge in [-0.3, -0.25) is 4.79 Å². The van der Waals surface area contributed by atoms with Gasteiger partial charge in [0, 0.05) is 11.8 Å². The molecule has 0 aromatic rings. The van der Waals surface area contributed by atoms with Gasteiger partial charge in [0.25, 0.3) is 0 Å². The fourth-order valence-electron chi connectivity index (χ4n) is 7.41. The molecule has 0 radical (unpaired) electrons. The molecule has 3 heteroatoms. The van der Waals surface area contributed by atoms with Crippen LogP contribution in [0.25, 0.3) is 0 Å². The molecule has 28 heavy (non-hydrogen) atoms. The zero-order chi connectivity index (χ0) is 19.7. The maximum Gasteiger partial charge on any atom is 0.159 e. The Morgan fingerprint density at radius 3 is 2.86 bits per heavy atom. The highest BCUT2D eigenvalue weighted by Gasteiger charge is 2.65. The van der Waals surface area contributed by atoms with Gasteiger partial charge in [-0.15, -0.1) is 0 Å². The normalized spacial score (nSPS) is 50.4. The number of hydrogen-bond acceptors (Lipinski definition) is 3. The molecule has 3 nitrogen and oxygen atoms in total. The number of hydrogen-bond donors (Lipinski definition) is 1. The van der Waals surface area contributed by atoms with Crippen LogP contribution in [-0.2, 0) is 9.53 Å². The third kappa shape index (κ3) is 2.65. The molecule has 152 valence electrons. The number of epoxide rings is 1. The Bertz CT molecular complexity index is 777. The Labute approximate surface area is 168 Å². The number of carbonyl (C=O) groups excluding carboxylic acids is 1. The van der Waals surface area contributed by atoms with Gasteiger partial charge in [0.15, 0.2) is 5.78 Å². The van der Waals surface area contributed by atoms with E-state index >= 15 is 0 Å². The summed E-state index contributed by atoms with van der Waals surface area (Å²) in [5.74, 6) is 1.73. The molecule has 5 rings (SSSR count). The van der Waals surface area contributed by atoms with Crippen LogP contribution >= 0.6 is 0 Å². The van der Waals surface area contributed by atoms with E-state index in [1.54, 1.807) is 0 Å². The third-order valence-electron chi connectivity index (χ3n) is 8.91. The zero-order valence-electron chi connectivity index (χ0n) is 17.5. The van der Waals surface area contributed by atoms with Gasteiger partial charge in [0.1, 0.15) is 6.10 Å². The van der Waals surface area contributed by atoms with Crippen LogP contribution in [0, 0.1) is 29.1 Å². The van der Waals surface area contributed by atoms with Crippen LogP contribution in [-0.4, -0.2) is 28.7 Å². The summed E-state index contributed by atoms with van der Waals surface area (Å²) in [4.78, 5) is 13.1. The monoisotopic (exact) mass is 382 g/mol. The maximum atomic E-state index is 13.1. The van der Waals surface area contributed by atoms with Gasteiger partial charge in [0.05, 0.1) is 11.7 Å². The molecule has 0 aromatic carbocycles. The maximum absolute atomic E-state index is 13.1. The molecular weight excluding hydrogens is 348 g/mol. The zero-order valence-corrected chi connectivity index (χ0v) is 17.5. The van der Waals surface area contributed by atoms with Crippen molar-refractivity contribution in [3.8, 4) is 0 Å². The quantitative estimate of drug-likeness (QED) is 0.553. The highest BCUT2D eigenvalue weighted by molar-refractivity contribution is 5.93. The van der Waals surface area contributed by atoms with E-state index in [9.17, 15) is 9.90 Å². The van der Waals surface area contributed by atoms with Crippen LogP contribution in [0.15, 0.2) is 35.5 Å². The van der Waals surface area contributed by atoms with Gasteiger partial charge in [-0.2, -0.15) is 0 Å². The number of ether oxygens (including phenoxy) is 1. The highest BCUT2D eigenvalue weighted by Crippen LogP contribution is 2.66. The van der Waals surface area contributed by atoms with E-state index in [4.69, 9.17) is 4.74 Å². The second-order valence-corrected chi connectivity index (χ2v) is 10.4. The molecular formula is C25H34O3. The molecule has 1 aliphatic heterocycles. The number of carbonyl (C=O) groups is 1. The van der Waals surface area contributed by atoms with Gasteiger partial charge in [-0.1, -0.05) is 36.3 Å². The molecule has 0 spiro atoms. The fraction of sp³-hybridized carbons (Fsp3) is 0.720. The SMILES string of the molecule is C/C=C/C1OC1(C)C1CCC2C3=CC(=O)C4CC(=CCC(O)C4)C3CCC21C. The van der Waals surface area contributed by atoms with Crippen molar-refractivity contribution in [3.05, 3.63) is 35.5 Å². The van der Waals surface area contributed by atoms with E-state index < -0.39 is 0 Å². The Kier molecular flexibility index (Phi) is 4.30. The number of fused-ring (bicyclic) bond motifs is 6. The summed E-state index contributed by atoms with van der Waals surface area (Å²) in [7, 11) is 0. The number of aliphatic hydroxyl groups excluding tert-OH is 1. The topological polar surface area (TPSA) is 49.8 Å². The molecule has 3 fully saturated rings. The van der Waals surface area contributed by atoms with Crippen molar-refractivity contribution in [3.63, 3.8) is 0 Å². The first-order valence-corrected chi connectivity index (χ1v) is 11.3. The molecule has 1 N–H and O–H groups in total. The molecule has 1 heterocycles. The summed E-state index contributed by atoms with van der Waals surface area (Å²) in [5.41, 5.74) is 3.04. The number of ketones is 1. The predicted octanol–water partition coefficient (Wildman–Crippen LogP) is 4.76. The minimum absolute atomic E-state index is 0.0198. The molecule has 2 saturated carbocycles. The summed E-state index contributed by atoms with van der Waals surface area (Å²) in [5, 5.41) is 10.2. The molecule has 1 saturated heterocycles. The van der Waals surface area contributed by atoms with Crippen molar-refractivity contribution in [1.82, 2.24) is 0 Å². The van der Waals surface area contributed by atoms with Crippen LogP contribution in [0.2, 0.25) is 0 Å². The minimum Gasteiger partial charge on any atom is -0.393 e. The van der Waals surface area contributed by atoms with Crippen LogP contribution in [0.5, 0.6) is 0 Å². The van der Waals surface area contributed by atoms with Crippen molar-refractivity contribution < 1.29 is 14.6 Å². The summed E-state index contributed by atoms with van der Waals surface area (Å²) in [6, 6.07) is 0. The lowest BCUT2D eigenvalue weighted by molar-refractivity contribution is -0.119. The summed E-state index contributed by atoms with van der Waals surface area (Å²) in [6.45, 7) is 6.84. The molecule has 8 unspecified atom stereocenters. The fourth-order valence-corrected chi connectivity index (χ4v) is 7.41. The third-order valence-corrected chi connectivity index (χ3v) is 8.91. The van der Waals surface area contributed by atoms with Crippen molar-refractivity contribution in [2.45, 2.75) is 83.5 Å². The van der Waals surface area contributed by atoms with E-state index in [1.165, 1.54) is 30.4 Å². The number of allylic oxidation sites excluding steroid dienone is 4. The first-order chi connectivity index (χ1) is 13.4. The molecule has 5 aliphatic rings. The number of aliphatic hydroxyl groups is 1. The van der Waals surface area contributed by atoms with Gasteiger partial charge in [-0.25, -0.2) is 0 Å². The first kappa shape index (κ1) is 18.8. The largest absolute Gasteiger partial charge is 0.393 e. The van der Waals surface area contributed by atoms with Crippen LogP contribution < -0.4 is 0 Å². The van der Waals surface area contributed by atoms with Crippen molar-refractivity contribution >= 4 is 5.78 Å². The first-order valence-electron chi connectivity index (χ1n) is 11.3. The second kappa shape index (κ2) is 6.40. The van der Waals surface area contributed by atoms with Gasteiger partial charge < -0.3 is 9.84 Å². The minimum atomic E-state index is -0.360. The standard InChI is InChI=1S/C25H34O3/c1-4-5-23-25(3,28-23)22-9-8-20-19-14-21(27)16-12-15(6-7-17(26)13-16)18(19)10-11-24(20,22)2/h4-6,14,16-18,20,22-23,26H,7-13H2,1-3H3/b5-4+. The van der Waals surface area contributed by atoms with E-state index in [0.717, 1.165) is 12.8 Å². The van der Waals surface area contributed by atoms with Crippen molar-refractivity contribution in [2.24, 2.45) is 29.1 Å². The van der Waals surface area contributed by atoms with Crippen LogP contribution in [0.1, 0.15) is 65.7 Å². The molecule has 0 aromatic heterocycles. The predicted molar refractivity (Wildman–Crippen MR) is 110 cm³/mol. The molecule has 2 bridgehead atoms. The van der Waals surface area contributed by atoms with Crippen LogP contribution in [0.4, 0.5) is 0 Å². The Balaban J connectivity index is 1.48. The van der Waals surface area contributed by atoms with Crippen molar-refractivity contribution in [2.75, 3.05) is 0 Å². The smallest absolute Gasteiger partial charge is 0.159 e. The Hall–Kier alpha value is -1.19. The lowest BCUT2D eigenvalue weighted by Gasteiger charge is -2.47. The molecule has 0 amide bonds. The summed E-state index contributed by atoms with van der Waals surface area (Å²) >= 11 is 0.